The van der Waals surface area contributed by atoms with Gasteiger partial charge in [-0.25, -0.2) is 4.39 Å². The van der Waals surface area contributed by atoms with E-state index in [0.717, 1.165) is 28.0 Å². The Balaban J connectivity index is 2.38. The van der Waals surface area contributed by atoms with Gasteiger partial charge in [-0.3, -0.25) is 0 Å². The van der Waals surface area contributed by atoms with Crippen LogP contribution in [0.15, 0.2) is 24.3 Å². The average molecular weight is 367 g/mol. The number of rotatable bonds is 7. The highest BCUT2D eigenvalue weighted by molar-refractivity contribution is 6.31. The van der Waals surface area contributed by atoms with Gasteiger partial charge in [0.05, 0.1) is 11.6 Å². The number of aryl methyl sites for hydroxylation is 1. The first kappa shape index (κ1) is 19.7. The van der Waals surface area contributed by atoms with E-state index in [1.54, 1.807) is 13.2 Å². The molecular formula is C20H24ClFO3. The maximum atomic E-state index is 14.2. The molecule has 0 amide bonds. The van der Waals surface area contributed by atoms with Gasteiger partial charge in [0.25, 0.3) is 0 Å². The Morgan fingerprint density at radius 3 is 2.56 bits per heavy atom. The molecule has 0 spiro atoms. The summed E-state index contributed by atoms with van der Waals surface area (Å²) in [6.45, 7) is 5.88. The fourth-order valence-corrected chi connectivity index (χ4v) is 3.14. The first-order valence-corrected chi connectivity index (χ1v) is 8.58. The molecule has 0 aromatic heterocycles. The van der Waals surface area contributed by atoms with Crippen molar-refractivity contribution in [2.45, 2.75) is 39.7 Å². The number of methoxy groups -OCH3 is 1. The molecule has 2 rings (SSSR count). The van der Waals surface area contributed by atoms with Crippen LogP contribution in [-0.2, 0) is 17.8 Å². The molecule has 0 aliphatic rings. The molecule has 0 fully saturated rings. The van der Waals surface area contributed by atoms with E-state index < -0.39 is 5.82 Å². The van der Waals surface area contributed by atoms with Gasteiger partial charge >= 0.3 is 0 Å². The topological polar surface area (TPSA) is 38.7 Å². The molecule has 0 bridgehead atoms. The summed E-state index contributed by atoms with van der Waals surface area (Å²) in [7, 11) is 1.58. The summed E-state index contributed by atoms with van der Waals surface area (Å²) in [5.41, 5.74) is 3.90. The van der Waals surface area contributed by atoms with Crippen LogP contribution in [0, 0.1) is 12.7 Å². The average Bonchev–Trinajstić information content (AvgIpc) is 2.60. The summed E-state index contributed by atoms with van der Waals surface area (Å²) in [6, 6.07) is 7.56. The second-order valence-corrected chi connectivity index (χ2v) is 6.75. The SMILES string of the molecule is COCOc1ccc(Cc2c(C)cc(CO)c(F)c2Cl)cc1C(C)C. The van der Waals surface area contributed by atoms with E-state index in [-0.39, 0.29) is 29.9 Å². The molecule has 1 N–H and O–H groups in total. The predicted molar refractivity (Wildman–Crippen MR) is 97.9 cm³/mol. The van der Waals surface area contributed by atoms with Crippen LogP contribution in [0.5, 0.6) is 5.75 Å². The second-order valence-electron chi connectivity index (χ2n) is 6.37. The minimum absolute atomic E-state index is 0.0786. The Kier molecular flexibility index (Phi) is 6.82. The molecule has 0 aliphatic carbocycles. The molecule has 3 nitrogen and oxygen atoms in total. The third-order valence-electron chi connectivity index (χ3n) is 4.19. The molecule has 0 unspecified atom stereocenters. The number of ether oxygens (including phenoxy) is 2. The van der Waals surface area contributed by atoms with Crippen molar-refractivity contribution >= 4 is 11.6 Å². The molecule has 0 radical (unpaired) electrons. The first-order valence-electron chi connectivity index (χ1n) is 8.20. The van der Waals surface area contributed by atoms with Gasteiger partial charge in [0.1, 0.15) is 11.6 Å². The molecule has 0 saturated carbocycles. The third kappa shape index (κ3) is 4.51. The summed E-state index contributed by atoms with van der Waals surface area (Å²) in [6.07, 6.45) is 0.511. The number of aliphatic hydroxyl groups is 1. The van der Waals surface area contributed by atoms with Gasteiger partial charge in [0.15, 0.2) is 6.79 Å². The van der Waals surface area contributed by atoms with Crippen LogP contribution in [0.1, 0.15) is 47.6 Å². The Hall–Kier alpha value is -1.62. The van der Waals surface area contributed by atoms with Crippen molar-refractivity contribution in [1.29, 1.82) is 0 Å². The molecule has 0 saturated heterocycles. The standard InChI is InChI=1S/C20H24ClFO3/c1-12(2)16-8-14(5-6-18(16)25-11-24-4)9-17-13(3)7-15(10-23)20(22)19(17)21/h5-8,12,23H,9-11H2,1-4H3. The quantitative estimate of drug-likeness (QED) is 0.702. The Morgan fingerprint density at radius 2 is 1.96 bits per heavy atom. The van der Waals surface area contributed by atoms with Crippen molar-refractivity contribution in [3.63, 3.8) is 0 Å². The summed E-state index contributed by atoms with van der Waals surface area (Å²) < 4.78 is 24.8. The summed E-state index contributed by atoms with van der Waals surface area (Å²) in [4.78, 5) is 0. The smallest absolute Gasteiger partial charge is 0.188 e. The molecule has 0 aliphatic heterocycles. The fourth-order valence-electron chi connectivity index (χ4n) is 2.81. The van der Waals surface area contributed by atoms with Crippen LogP contribution >= 0.6 is 11.6 Å². The fraction of sp³-hybridized carbons (Fsp3) is 0.400. The minimum atomic E-state index is -0.547. The number of hydrogen-bond donors (Lipinski definition) is 1. The summed E-state index contributed by atoms with van der Waals surface area (Å²) >= 11 is 6.21. The maximum absolute atomic E-state index is 14.2. The lowest BCUT2D eigenvalue weighted by Gasteiger charge is -2.17. The van der Waals surface area contributed by atoms with Crippen LogP contribution in [-0.4, -0.2) is 19.0 Å². The number of aliphatic hydroxyl groups excluding tert-OH is 1. The van der Waals surface area contributed by atoms with Crippen LogP contribution in [0.3, 0.4) is 0 Å². The molecule has 0 heterocycles. The van der Waals surface area contributed by atoms with Crippen LogP contribution < -0.4 is 4.74 Å². The van der Waals surface area contributed by atoms with Crippen molar-refractivity contribution in [3.8, 4) is 5.75 Å². The van der Waals surface area contributed by atoms with Gasteiger partial charge in [-0.05, 0) is 47.6 Å². The Bertz CT molecular complexity index is 744. The maximum Gasteiger partial charge on any atom is 0.188 e. The van der Waals surface area contributed by atoms with Crippen molar-refractivity contribution in [3.05, 3.63) is 62.9 Å². The number of halogens is 2. The van der Waals surface area contributed by atoms with E-state index in [1.165, 1.54) is 0 Å². The highest BCUT2D eigenvalue weighted by Gasteiger charge is 2.16. The van der Waals surface area contributed by atoms with Gasteiger partial charge in [-0.15, -0.1) is 0 Å². The largest absolute Gasteiger partial charge is 0.467 e. The van der Waals surface area contributed by atoms with E-state index in [9.17, 15) is 9.50 Å². The molecule has 5 heteroatoms. The van der Waals surface area contributed by atoms with Gasteiger partial charge in [0, 0.05) is 12.7 Å². The van der Waals surface area contributed by atoms with E-state index in [0.29, 0.717) is 6.42 Å². The van der Waals surface area contributed by atoms with Gasteiger partial charge in [-0.2, -0.15) is 0 Å². The zero-order valence-corrected chi connectivity index (χ0v) is 15.8. The Labute approximate surface area is 153 Å². The van der Waals surface area contributed by atoms with Crippen LogP contribution in [0.2, 0.25) is 5.02 Å². The number of benzene rings is 2. The lowest BCUT2D eigenvalue weighted by atomic mass is 9.94. The van der Waals surface area contributed by atoms with E-state index >= 15 is 0 Å². The highest BCUT2D eigenvalue weighted by Crippen LogP contribution is 2.32. The number of hydrogen-bond acceptors (Lipinski definition) is 3. The van der Waals surface area contributed by atoms with E-state index in [4.69, 9.17) is 21.1 Å². The molecule has 2 aromatic rings. The lowest BCUT2D eigenvalue weighted by molar-refractivity contribution is 0.0502. The predicted octanol–water partition coefficient (Wildman–Crippen LogP) is 4.98. The van der Waals surface area contributed by atoms with Crippen molar-refractivity contribution in [2.24, 2.45) is 0 Å². The summed E-state index contributed by atoms with van der Waals surface area (Å²) in [5, 5.41) is 9.30. The monoisotopic (exact) mass is 366 g/mol. The normalized spacial score (nSPS) is 11.2. The molecular weight excluding hydrogens is 343 g/mol. The molecule has 2 aromatic carbocycles. The van der Waals surface area contributed by atoms with Crippen molar-refractivity contribution < 1.29 is 19.0 Å². The minimum Gasteiger partial charge on any atom is -0.467 e. The third-order valence-corrected chi connectivity index (χ3v) is 4.58. The van der Waals surface area contributed by atoms with Crippen LogP contribution in [0.25, 0.3) is 0 Å². The van der Waals surface area contributed by atoms with Crippen LogP contribution in [0.4, 0.5) is 4.39 Å². The van der Waals surface area contributed by atoms with E-state index in [2.05, 4.69) is 19.9 Å². The second kappa shape index (κ2) is 8.65. The molecule has 0 atom stereocenters. The Morgan fingerprint density at radius 1 is 1.24 bits per heavy atom. The zero-order chi connectivity index (χ0) is 18.6. The lowest BCUT2D eigenvalue weighted by Crippen LogP contribution is -2.04. The van der Waals surface area contributed by atoms with Crippen molar-refractivity contribution in [1.82, 2.24) is 0 Å². The van der Waals surface area contributed by atoms with Gasteiger partial charge in [0.2, 0.25) is 0 Å². The molecule has 136 valence electrons. The molecule has 25 heavy (non-hydrogen) atoms. The summed E-state index contributed by atoms with van der Waals surface area (Å²) in [5.74, 6) is 0.510. The van der Waals surface area contributed by atoms with Gasteiger partial charge in [-0.1, -0.05) is 43.6 Å². The van der Waals surface area contributed by atoms with Crippen molar-refractivity contribution in [2.75, 3.05) is 13.9 Å². The van der Waals surface area contributed by atoms with E-state index in [1.807, 2.05) is 19.1 Å². The highest BCUT2D eigenvalue weighted by atomic mass is 35.5. The first-order chi connectivity index (χ1) is 11.9. The van der Waals surface area contributed by atoms with Gasteiger partial charge < -0.3 is 14.6 Å². The zero-order valence-electron chi connectivity index (χ0n) is 15.0.